The summed E-state index contributed by atoms with van der Waals surface area (Å²) < 4.78 is 35.1. The van der Waals surface area contributed by atoms with Crippen molar-refractivity contribution in [2.45, 2.75) is 70.8 Å². The van der Waals surface area contributed by atoms with Gasteiger partial charge >= 0.3 is 6.09 Å². The minimum absolute atomic E-state index is 0.220. The van der Waals surface area contributed by atoms with Gasteiger partial charge in [0.25, 0.3) is 0 Å². The van der Waals surface area contributed by atoms with Gasteiger partial charge in [0.2, 0.25) is 0 Å². The maximum absolute atomic E-state index is 12.1. The molecule has 0 spiro atoms. The van der Waals surface area contributed by atoms with Crippen molar-refractivity contribution >= 4 is 15.9 Å². The van der Waals surface area contributed by atoms with E-state index >= 15 is 0 Å². The highest BCUT2D eigenvalue weighted by Gasteiger charge is 2.26. The third-order valence-electron chi connectivity index (χ3n) is 5.10. The SMILES string of the molecule is Cc1cc(OCCCC2CCN(C(=O)OC(C)(C)C)CC2)cc(C)c1S(C)(=O)=O. The van der Waals surface area contributed by atoms with E-state index in [4.69, 9.17) is 9.47 Å². The van der Waals surface area contributed by atoms with Crippen LogP contribution in [0.25, 0.3) is 0 Å². The maximum Gasteiger partial charge on any atom is 0.410 e. The van der Waals surface area contributed by atoms with Gasteiger partial charge < -0.3 is 14.4 Å². The molecule has 1 aromatic rings. The van der Waals surface area contributed by atoms with Crippen LogP contribution in [0.3, 0.4) is 0 Å². The van der Waals surface area contributed by atoms with Crippen LogP contribution in [0.2, 0.25) is 0 Å². The highest BCUT2D eigenvalue weighted by atomic mass is 32.2. The number of hydrogen-bond acceptors (Lipinski definition) is 5. The van der Waals surface area contributed by atoms with Crippen LogP contribution >= 0.6 is 0 Å². The van der Waals surface area contributed by atoms with E-state index in [1.165, 1.54) is 6.26 Å². The lowest BCUT2D eigenvalue weighted by molar-refractivity contribution is 0.0179. The zero-order chi connectivity index (χ0) is 21.8. The van der Waals surface area contributed by atoms with Gasteiger partial charge in [0.15, 0.2) is 9.84 Å². The molecule has 1 saturated heterocycles. The molecule has 0 aromatic heterocycles. The first kappa shape index (κ1) is 23.5. The number of rotatable bonds is 6. The van der Waals surface area contributed by atoms with Crippen LogP contribution in [-0.4, -0.2) is 51.0 Å². The van der Waals surface area contributed by atoms with Crippen LogP contribution in [0.5, 0.6) is 5.75 Å². The van der Waals surface area contributed by atoms with Crippen molar-refractivity contribution in [3.8, 4) is 5.75 Å². The molecule has 1 aliphatic heterocycles. The van der Waals surface area contributed by atoms with E-state index in [1.54, 1.807) is 30.9 Å². The minimum Gasteiger partial charge on any atom is -0.494 e. The van der Waals surface area contributed by atoms with Crippen molar-refractivity contribution in [2.75, 3.05) is 26.0 Å². The molecule has 1 amide bonds. The van der Waals surface area contributed by atoms with Crippen molar-refractivity contribution in [3.63, 3.8) is 0 Å². The van der Waals surface area contributed by atoms with Crippen LogP contribution < -0.4 is 4.74 Å². The van der Waals surface area contributed by atoms with Gasteiger partial charge in [0.05, 0.1) is 11.5 Å². The molecule has 1 heterocycles. The number of ether oxygens (including phenoxy) is 2. The summed E-state index contributed by atoms with van der Waals surface area (Å²) in [6.45, 7) is 11.3. The van der Waals surface area contributed by atoms with Crippen molar-refractivity contribution < 1.29 is 22.7 Å². The summed E-state index contributed by atoms with van der Waals surface area (Å²) in [7, 11) is -3.23. The first-order valence-electron chi connectivity index (χ1n) is 10.3. The van der Waals surface area contributed by atoms with Crippen molar-refractivity contribution in [2.24, 2.45) is 5.92 Å². The average Bonchev–Trinajstić information content (AvgIpc) is 2.56. The molecule has 0 atom stereocenters. The molecule has 7 heteroatoms. The molecule has 0 radical (unpaired) electrons. The Hall–Kier alpha value is -1.76. The first-order valence-corrected chi connectivity index (χ1v) is 12.2. The fourth-order valence-electron chi connectivity index (χ4n) is 3.87. The number of piperidine rings is 1. The number of sulfone groups is 1. The van der Waals surface area contributed by atoms with Crippen LogP contribution in [-0.2, 0) is 14.6 Å². The van der Waals surface area contributed by atoms with Crippen LogP contribution in [0.4, 0.5) is 4.79 Å². The van der Waals surface area contributed by atoms with E-state index in [-0.39, 0.29) is 6.09 Å². The second-order valence-corrected chi connectivity index (χ2v) is 11.0. The van der Waals surface area contributed by atoms with Crippen molar-refractivity contribution in [3.05, 3.63) is 23.3 Å². The monoisotopic (exact) mass is 425 g/mol. The molecule has 1 aliphatic rings. The summed E-state index contributed by atoms with van der Waals surface area (Å²) in [5.41, 5.74) is 0.982. The fourth-order valence-corrected chi connectivity index (χ4v) is 5.16. The molecule has 6 nitrogen and oxygen atoms in total. The number of likely N-dealkylation sites (tertiary alicyclic amines) is 1. The highest BCUT2D eigenvalue weighted by molar-refractivity contribution is 7.90. The third kappa shape index (κ3) is 7.21. The Morgan fingerprint density at radius 1 is 1.14 bits per heavy atom. The van der Waals surface area contributed by atoms with E-state index in [1.807, 2.05) is 20.8 Å². The summed E-state index contributed by atoms with van der Waals surface area (Å²) in [6, 6.07) is 3.59. The predicted octanol–water partition coefficient (Wildman–Crippen LogP) is 4.51. The maximum atomic E-state index is 12.1. The smallest absolute Gasteiger partial charge is 0.410 e. The number of hydrogen-bond donors (Lipinski definition) is 0. The van der Waals surface area contributed by atoms with Crippen LogP contribution in [0, 0.1) is 19.8 Å². The average molecular weight is 426 g/mol. The molecule has 29 heavy (non-hydrogen) atoms. The summed E-state index contributed by atoms with van der Waals surface area (Å²) in [4.78, 5) is 14.3. The van der Waals surface area contributed by atoms with Crippen molar-refractivity contribution in [1.82, 2.24) is 4.90 Å². The van der Waals surface area contributed by atoms with Crippen molar-refractivity contribution in [1.29, 1.82) is 0 Å². The summed E-state index contributed by atoms with van der Waals surface area (Å²) >= 11 is 0. The molecule has 0 aliphatic carbocycles. The second kappa shape index (κ2) is 9.37. The van der Waals surface area contributed by atoms with Gasteiger partial charge in [-0.25, -0.2) is 13.2 Å². The van der Waals surface area contributed by atoms with E-state index in [9.17, 15) is 13.2 Å². The Labute approximate surface area is 175 Å². The standard InChI is InChI=1S/C22H35NO5S/c1-16-14-19(15-17(2)20(16)29(6,25)26)27-13-7-8-18-9-11-23(12-10-18)21(24)28-22(3,4)5/h14-15,18H,7-13H2,1-6H3. The Morgan fingerprint density at radius 2 is 1.69 bits per heavy atom. The normalized spacial score (nSPS) is 16.0. The Balaban J connectivity index is 1.75. The van der Waals surface area contributed by atoms with E-state index < -0.39 is 15.4 Å². The topological polar surface area (TPSA) is 72.9 Å². The lowest BCUT2D eigenvalue weighted by atomic mass is 9.92. The number of carbonyl (C=O) groups excluding carboxylic acids is 1. The van der Waals surface area contributed by atoms with Gasteiger partial charge in [-0.3, -0.25) is 0 Å². The molecule has 1 aromatic carbocycles. The molecule has 1 fully saturated rings. The van der Waals surface area contributed by atoms with Gasteiger partial charge in [-0.05, 0) is 89.5 Å². The first-order chi connectivity index (χ1) is 13.4. The molecule has 0 saturated carbocycles. The van der Waals surface area contributed by atoms with E-state index in [0.717, 1.165) is 49.9 Å². The number of benzene rings is 1. The number of nitrogens with zero attached hydrogens (tertiary/aromatic N) is 1. The Bertz CT molecular complexity index is 795. The van der Waals surface area contributed by atoms with Gasteiger partial charge in [0.1, 0.15) is 11.4 Å². The Kier molecular flexibility index (Phi) is 7.60. The quantitative estimate of drug-likeness (QED) is 0.627. The zero-order valence-electron chi connectivity index (χ0n) is 18.6. The second-order valence-electron chi connectivity index (χ2n) is 9.06. The molecule has 0 unspecified atom stereocenters. The Morgan fingerprint density at radius 3 is 2.17 bits per heavy atom. The van der Waals surface area contributed by atoms with Gasteiger partial charge in [-0.2, -0.15) is 0 Å². The zero-order valence-corrected chi connectivity index (χ0v) is 19.4. The molecular weight excluding hydrogens is 390 g/mol. The lowest BCUT2D eigenvalue weighted by Gasteiger charge is -2.33. The summed E-state index contributed by atoms with van der Waals surface area (Å²) in [5.74, 6) is 1.31. The largest absolute Gasteiger partial charge is 0.494 e. The molecule has 164 valence electrons. The fraction of sp³-hybridized carbons (Fsp3) is 0.682. The van der Waals surface area contributed by atoms with Gasteiger partial charge in [-0.1, -0.05) is 0 Å². The molecule has 0 N–H and O–H groups in total. The molecular formula is C22H35NO5S. The van der Waals surface area contributed by atoms with Crippen LogP contribution in [0.1, 0.15) is 57.6 Å². The third-order valence-corrected chi connectivity index (χ3v) is 6.48. The summed E-state index contributed by atoms with van der Waals surface area (Å²) in [6.07, 6.45) is 4.98. The van der Waals surface area contributed by atoms with E-state index in [0.29, 0.717) is 23.2 Å². The number of amides is 1. The van der Waals surface area contributed by atoms with Crippen LogP contribution in [0.15, 0.2) is 17.0 Å². The predicted molar refractivity (Wildman–Crippen MR) is 114 cm³/mol. The minimum atomic E-state index is -3.23. The number of carbonyl (C=O) groups is 1. The summed E-state index contributed by atoms with van der Waals surface area (Å²) in [5, 5.41) is 0. The molecule has 2 rings (SSSR count). The molecule has 0 bridgehead atoms. The highest BCUT2D eigenvalue weighted by Crippen LogP contribution is 2.27. The van der Waals surface area contributed by atoms with Gasteiger partial charge in [-0.15, -0.1) is 0 Å². The lowest BCUT2D eigenvalue weighted by Crippen LogP contribution is -2.41. The van der Waals surface area contributed by atoms with E-state index in [2.05, 4.69) is 0 Å². The number of aryl methyl sites for hydroxylation is 2. The van der Waals surface area contributed by atoms with Gasteiger partial charge in [0, 0.05) is 19.3 Å².